The molecule has 4 nitrogen and oxygen atoms in total. The first-order valence-electron chi connectivity index (χ1n) is 8.22. The van der Waals surface area contributed by atoms with Crippen LogP contribution in [0.3, 0.4) is 0 Å². The van der Waals surface area contributed by atoms with E-state index in [1.165, 1.54) is 16.0 Å². The number of quaternary nitrogens is 1. The summed E-state index contributed by atoms with van der Waals surface area (Å²) in [6, 6.07) is 16.3. The molecule has 0 aromatic heterocycles. The summed E-state index contributed by atoms with van der Waals surface area (Å²) >= 11 is 5.39. The minimum Gasteiger partial charge on any atom is -0.494 e. The lowest BCUT2D eigenvalue weighted by Crippen LogP contribution is -3.04. The summed E-state index contributed by atoms with van der Waals surface area (Å²) in [6.07, 6.45) is 0. The highest BCUT2D eigenvalue weighted by atomic mass is 32.1. The Morgan fingerprint density at radius 1 is 1.04 bits per heavy atom. The van der Waals surface area contributed by atoms with Gasteiger partial charge in [-0.05, 0) is 49.0 Å². The molecule has 2 aromatic rings. The number of ether oxygens (including phenoxy) is 1. The predicted octanol–water partition coefficient (Wildman–Crippen LogP) is 2.22. The average Bonchev–Trinajstić information content (AvgIpc) is 2.56. The smallest absolute Gasteiger partial charge is 0.171 e. The van der Waals surface area contributed by atoms with Crippen LogP contribution >= 0.6 is 12.2 Å². The third-order valence-electron chi connectivity index (χ3n) is 3.52. The lowest BCUT2D eigenvalue weighted by molar-refractivity contribution is -0.872. The molecule has 0 atom stereocenters. The van der Waals surface area contributed by atoms with E-state index in [1.54, 1.807) is 0 Å². The van der Waals surface area contributed by atoms with Gasteiger partial charge >= 0.3 is 0 Å². The van der Waals surface area contributed by atoms with E-state index < -0.39 is 0 Å². The largest absolute Gasteiger partial charge is 0.494 e. The molecular formula is C19H26N3OS+. The third-order valence-corrected chi connectivity index (χ3v) is 3.77. The first kappa shape index (κ1) is 18.2. The molecule has 0 saturated heterocycles. The van der Waals surface area contributed by atoms with E-state index in [0.29, 0.717) is 18.3 Å². The van der Waals surface area contributed by atoms with Gasteiger partial charge in [0.1, 0.15) is 12.3 Å². The fourth-order valence-electron chi connectivity index (χ4n) is 2.44. The van der Waals surface area contributed by atoms with Crippen molar-refractivity contribution in [2.24, 2.45) is 0 Å². The highest BCUT2D eigenvalue weighted by Gasteiger charge is 2.06. The van der Waals surface area contributed by atoms with Crippen LogP contribution in [0.5, 0.6) is 5.75 Å². The van der Waals surface area contributed by atoms with Gasteiger partial charge in [0.05, 0.1) is 20.7 Å². The fraction of sp³-hybridized carbons (Fsp3) is 0.316. The van der Waals surface area contributed by atoms with E-state index in [9.17, 15) is 0 Å². The Morgan fingerprint density at radius 2 is 1.71 bits per heavy atom. The minimum atomic E-state index is 0.617. The number of rotatable bonds is 7. The van der Waals surface area contributed by atoms with Gasteiger partial charge < -0.3 is 20.3 Å². The summed E-state index contributed by atoms with van der Waals surface area (Å²) in [5.41, 5.74) is 3.56. The van der Waals surface area contributed by atoms with E-state index in [-0.39, 0.29) is 0 Å². The lowest BCUT2D eigenvalue weighted by atomic mass is 10.1. The molecule has 0 amide bonds. The van der Waals surface area contributed by atoms with Gasteiger partial charge in [-0.3, -0.25) is 0 Å². The molecule has 0 fully saturated rings. The van der Waals surface area contributed by atoms with Gasteiger partial charge in [0.2, 0.25) is 0 Å². The van der Waals surface area contributed by atoms with Crippen LogP contribution < -0.4 is 20.3 Å². The van der Waals surface area contributed by atoms with Crippen LogP contribution in [0, 0.1) is 0 Å². The van der Waals surface area contributed by atoms with E-state index in [1.807, 2.05) is 31.2 Å². The number of benzene rings is 2. The summed E-state index contributed by atoms with van der Waals surface area (Å²) in [7, 11) is 4.31. The number of thiocarbonyl (C=S) groups is 1. The van der Waals surface area contributed by atoms with Crippen molar-refractivity contribution >= 4 is 23.0 Å². The van der Waals surface area contributed by atoms with Crippen LogP contribution in [0.2, 0.25) is 0 Å². The maximum absolute atomic E-state index is 5.44. The normalized spacial score (nSPS) is 10.5. The summed E-state index contributed by atoms with van der Waals surface area (Å²) in [6.45, 7) is 4.35. The second-order valence-electron chi connectivity index (χ2n) is 5.92. The van der Waals surface area contributed by atoms with E-state index in [2.05, 4.69) is 49.0 Å². The molecule has 0 aliphatic heterocycles. The van der Waals surface area contributed by atoms with Gasteiger partial charge in [0.25, 0.3) is 0 Å². The van der Waals surface area contributed by atoms with Crippen LogP contribution in [0.4, 0.5) is 5.69 Å². The van der Waals surface area contributed by atoms with Gasteiger partial charge in [-0.25, -0.2) is 0 Å². The lowest BCUT2D eigenvalue weighted by Gasteiger charge is -2.15. The van der Waals surface area contributed by atoms with Crippen molar-refractivity contribution in [1.82, 2.24) is 5.32 Å². The molecule has 0 aliphatic carbocycles. The van der Waals surface area contributed by atoms with Crippen LogP contribution in [0.25, 0.3) is 0 Å². The van der Waals surface area contributed by atoms with Gasteiger partial charge in [-0.15, -0.1) is 0 Å². The first-order valence-corrected chi connectivity index (χ1v) is 8.63. The molecule has 0 heterocycles. The van der Waals surface area contributed by atoms with Crippen LogP contribution in [0.15, 0.2) is 48.5 Å². The number of hydrogen-bond acceptors (Lipinski definition) is 2. The molecule has 5 heteroatoms. The quantitative estimate of drug-likeness (QED) is 0.674. The Kier molecular flexibility index (Phi) is 7.03. The highest BCUT2D eigenvalue weighted by molar-refractivity contribution is 7.80. The van der Waals surface area contributed by atoms with Crippen molar-refractivity contribution in [1.29, 1.82) is 0 Å². The third kappa shape index (κ3) is 5.83. The second kappa shape index (κ2) is 9.25. The summed E-state index contributed by atoms with van der Waals surface area (Å²) in [5, 5.41) is 7.10. The Hall–Kier alpha value is -2.11. The van der Waals surface area contributed by atoms with Crippen molar-refractivity contribution in [3.05, 3.63) is 59.7 Å². The summed E-state index contributed by atoms with van der Waals surface area (Å²) < 4.78 is 5.44. The Morgan fingerprint density at radius 3 is 2.33 bits per heavy atom. The molecular weight excluding hydrogens is 318 g/mol. The van der Waals surface area contributed by atoms with Crippen LogP contribution in [0.1, 0.15) is 18.1 Å². The van der Waals surface area contributed by atoms with Gasteiger partial charge in [-0.1, -0.05) is 24.3 Å². The van der Waals surface area contributed by atoms with Gasteiger partial charge in [0, 0.05) is 17.8 Å². The summed E-state index contributed by atoms with van der Waals surface area (Å²) in [4.78, 5) is 1.40. The maximum atomic E-state index is 5.44. The van der Waals surface area contributed by atoms with Crippen molar-refractivity contribution < 1.29 is 9.64 Å². The van der Waals surface area contributed by atoms with Crippen LogP contribution in [-0.4, -0.2) is 25.8 Å². The Balaban J connectivity index is 1.89. The molecule has 2 aromatic carbocycles. The molecule has 0 aliphatic rings. The Bertz CT molecular complexity index is 656. The molecule has 3 N–H and O–H groups in total. The van der Waals surface area contributed by atoms with E-state index in [0.717, 1.165) is 18.0 Å². The number of anilines is 1. The zero-order chi connectivity index (χ0) is 17.4. The number of hydrogen-bond donors (Lipinski definition) is 3. The minimum absolute atomic E-state index is 0.617. The Labute approximate surface area is 149 Å². The first-order chi connectivity index (χ1) is 11.6. The molecule has 2 rings (SSSR count). The van der Waals surface area contributed by atoms with Crippen molar-refractivity contribution in [3.8, 4) is 5.75 Å². The standard InChI is InChI=1S/C19H25N3OS/c1-4-23-18-11-9-17(10-12-18)21-19(24)20-13-15-7-5-6-8-16(15)14-22(2)3/h5-12H,4,13-14H2,1-3H3,(H2,20,21,24)/p+1. The highest BCUT2D eigenvalue weighted by Crippen LogP contribution is 2.15. The second-order valence-corrected chi connectivity index (χ2v) is 6.33. The molecule has 0 radical (unpaired) electrons. The molecule has 128 valence electrons. The molecule has 24 heavy (non-hydrogen) atoms. The van der Waals surface area contributed by atoms with E-state index in [4.69, 9.17) is 17.0 Å². The fourth-order valence-corrected chi connectivity index (χ4v) is 2.63. The number of nitrogens with one attached hydrogen (secondary N) is 3. The van der Waals surface area contributed by atoms with Gasteiger partial charge in [-0.2, -0.15) is 0 Å². The monoisotopic (exact) mass is 344 g/mol. The van der Waals surface area contributed by atoms with Crippen molar-refractivity contribution in [3.63, 3.8) is 0 Å². The molecule has 0 saturated carbocycles. The van der Waals surface area contributed by atoms with Crippen molar-refractivity contribution in [2.45, 2.75) is 20.0 Å². The zero-order valence-corrected chi connectivity index (χ0v) is 15.4. The molecule has 0 spiro atoms. The topological polar surface area (TPSA) is 37.7 Å². The zero-order valence-electron chi connectivity index (χ0n) is 14.6. The van der Waals surface area contributed by atoms with Crippen molar-refractivity contribution in [2.75, 3.05) is 26.0 Å². The summed E-state index contributed by atoms with van der Waals surface area (Å²) in [5.74, 6) is 0.863. The molecule has 0 bridgehead atoms. The average molecular weight is 345 g/mol. The molecule has 0 unspecified atom stereocenters. The maximum Gasteiger partial charge on any atom is 0.171 e. The predicted molar refractivity (Wildman–Crippen MR) is 104 cm³/mol. The van der Waals surface area contributed by atoms with E-state index >= 15 is 0 Å². The van der Waals surface area contributed by atoms with Gasteiger partial charge in [0.15, 0.2) is 5.11 Å². The SMILES string of the molecule is CCOc1ccc(NC(=S)NCc2ccccc2C[NH+](C)C)cc1. The van der Waals surface area contributed by atoms with Crippen LogP contribution in [-0.2, 0) is 13.1 Å².